The first-order valence-corrected chi connectivity index (χ1v) is 5.52. The first kappa shape index (κ1) is 11.7. The normalized spacial score (nSPS) is 12.4. The van der Waals surface area contributed by atoms with Crippen molar-refractivity contribution in [2.24, 2.45) is 0 Å². The molecule has 2 rings (SSSR count). The molecule has 90 valence electrons. The number of rotatable bonds is 4. The minimum Gasteiger partial charge on any atom is -0.497 e. The third-order valence-corrected chi connectivity index (χ3v) is 2.68. The number of hydrogen-bond donors (Lipinski definition) is 1. The van der Waals surface area contributed by atoms with E-state index in [-0.39, 0.29) is 6.04 Å². The molecule has 1 aromatic heterocycles. The van der Waals surface area contributed by atoms with Crippen LogP contribution in [-0.4, -0.2) is 19.1 Å². The Labute approximate surface area is 101 Å². The molecule has 0 amide bonds. The smallest absolute Gasteiger partial charge is 0.211 e. The third-order valence-electron chi connectivity index (χ3n) is 2.68. The Morgan fingerprint density at radius 3 is 2.94 bits per heavy atom. The Bertz CT molecular complexity index is 494. The third kappa shape index (κ3) is 2.47. The zero-order chi connectivity index (χ0) is 12.3. The highest BCUT2D eigenvalue weighted by molar-refractivity contribution is 5.58. The van der Waals surface area contributed by atoms with Crippen LogP contribution in [0.3, 0.4) is 0 Å². The van der Waals surface area contributed by atoms with Crippen LogP contribution in [0.25, 0.3) is 11.3 Å². The van der Waals surface area contributed by atoms with Gasteiger partial charge in [-0.2, -0.15) is 0 Å². The summed E-state index contributed by atoms with van der Waals surface area (Å²) >= 11 is 0. The Morgan fingerprint density at radius 1 is 1.41 bits per heavy atom. The van der Waals surface area contributed by atoms with Gasteiger partial charge in [0.25, 0.3) is 0 Å². The minimum atomic E-state index is 0.106. The number of methoxy groups -OCH3 is 1. The fraction of sp³-hybridized carbons (Fsp3) is 0.308. The summed E-state index contributed by atoms with van der Waals surface area (Å²) in [6, 6.07) is 7.83. The molecular weight excluding hydrogens is 216 g/mol. The second kappa shape index (κ2) is 5.01. The van der Waals surface area contributed by atoms with E-state index in [0.717, 1.165) is 17.1 Å². The highest BCUT2D eigenvalue weighted by Crippen LogP contribution is 2.25. The van der Waals surface area contributed by atoms with Gasteiger partial charge < -0.3 is 14.5 Å². The van der Waals surface area contributed by atoms with Crippen LogP contribution in [0.5, 0.6) is 5.75 Å². The average molecular weight is 232 g/mol. The number of benzene rings is 1. The highest BCUT2D eigenvalue weighted by atomic mass is 16.5. The molecular formula is C13H16N2O2. The molecule has 0 aliphatic carbocycles. The van der Waals surface area contributed by atoms with Gasteiger partial charge in [0, 0.05) is 5.56 Å². The van der Waals surface area contributed by atoms with Crippen molar-refractivity contribution in [3.05, 3.63) is 36.4 Å². The van der Waals surface area contributed by atoms with E-state index in [1.165, 1.54) is 0 Å². The fourth-order valence-corrected chi connectivity index (χ4v) is 1.52. The molecule has 0 bridgehead atoms. The molecule has 0 radical (unpaired) electrons. The molecule has 0 saturated carbocycles. The van der Waals surface area contributed by atoms with Gasteiger partial charge in [-0.1, -0.05) is 12.1 Å². The Kier molecular flexibility index (Phi) is 3.44. The summed E-state index contributed by atoms with van der Waals surface area (Å²) in [7, 11) is 3.52. The Morgan fingerprint density at radius 2 is 2.24 bits per heavy atom. The molecule has 0 spiro atoms. The zero-order valence-corrected chi connectivity index (χ0v) is 10.2. The van der Waals surface area contributed by atoms with Gasteiger partial charge in [-0.25, -0.2) is 4.98 Å². The Hall–Kier alpha value is -1.81. The number of nitrogens with one attached hydrogen (secondary N) is 1. The molecule has 1 unspecified atom stereocenters. The van der Waals surface area contributed by atoms with E-state index in [1.54, 1.807) is 13.3 Å². The maximum absolute atomic E-state index is 5.69. The zero-order valence-electron chi connectivity index (χ0n) is 10.2. The molecule has 0 aliphatic heterocycles. The number of ether oxygens (including phenoxy) is 1. The van der Waals surface area contributed by atoms with Crippen LogP contribution in [0.15, 0.2) is 34.9 Å². The van der Waals surface area contributed by atoms with Gasteiger partial charge in [0.2, 0.25) is 5.89 Å². The molecule has 1 N–H and O–H groups in total. The van der Waals surface area contributed by atoms with E-state index in [2.05, 4.69) is 10.3 Å². The maximum Gasteiger partial charge on any atom is 0.211 e. The van der Waals surface area contributed by atoms with Crippen LogP contribution in [0.4, 0.5) is 0 Å². The summed E-state index contributed by atoms with van der Waals surface area (Å²) in [5.41, 5.74) is 0.964. The maximum atomic E-state index is 5.69. The monoisotopic (exact) mass is 232 g/mol. The van der Waals surface area contributed by atoms with Gasteiger partial charge in [0.15, 0.2) is 5.76 Å². The van der Waals surface area contributed by atoms with Crippen molar-refractivity contribution >= 4 is 0 Å². The number of oxazole rings is 1. The summed E-state index contributed by atoms with van der Waals surface area (Å²) in [5.74, 6) is 2.24. The number of hydrogen-bond acceptors (Lipinski definition) is 4. The molecule has 1 atom stereocenters. The van der Waals surface area contributed by atoms with Crippen molar-refractivity contribution in [2.45, 2.75) is 13.0 Å². The average Bonchev–Trinajstić information content (AvgIpc) is 2.87. The molecule has 0 aliphatic rings. The second-order valence-electron chi connectivity index (χ2n) is 3.81. The molecule has 0 saturated heterocycles. The van der Waals surface area contributed by atoms with Gasteiger partial charge in [0.1, 0.15) is 5.75 Å². The topological polar surface area (TPSA) is 47.3 Å². The van der Waals surface area contributed by atoms with Gasteiger partial charge in [-0.15, -0.1) is 0 Å². The van der Waals surface area contributed by atoms with Gasteiger partial charge in [0.05, 0.1) is 19.3 Å². The first-order valence-electron chi connectivity index (χ1n) is 5.52. The van der Waals surface area contributed by atoms with E-state index in [1.807, 2.05) is 38.2 Å². The predicted molar refractivity (Wildman–Crippen MR) is 66.0 cm³/mol. The van der Waals surface area contributed by atoms with Gasteiger partial charge in [-0.05, 0) is 26.1 Å². The van der Waals surface area contributed by atoms with Crippen molar-refractivity contribution in [1.29, 1.82) is 0 Å². The fourth-order valence-electron chi connectivity index (χ4n) is 1.52. The van der Waals surface area contributed by atoms with E-state index in [9.17, 15) is 0 Å². The van der Waals surface area contributed by atoms with E-state index in [4.69, 9.17) is 9.15 Å². The quantitative estimate of drug-likeness (QED) is 0.880. The van der Waals surface area contributed by atoms with Crippen LogP contribution in [0, 0.1) is 0 Å². The molecule has 2 aromatic rings. The van der Waals surface area contributed by atoms with Crippen LogP contribution >= 0.6 is 0 Å². The lowest BCUT2D eigenvalue weighted by Gasteiger charge is -2.04. The minimum absolute atomic E-state index is 0.106. The van der Waals surface area contributed by atoms with E-state index in [0.29, 0.717) is 5.89 Å². The summed E-state index contributed by atoms with van der Waals surface area (Å²) in [6.45, 7) is 2.00. The van der Waals surface area contributed by atoms with E-state index >= 15 is 0 Å². The standard InChI is InChI=1S/C13H16N2O2/c1-9(14-2)13-15-8-12(17-13)10-5-4-6-11(7-10)16-3/h4-9,14H,1-3H3. The molecule has 17 heavy (non-hydrogen) atoms. The first-order chi connectivity index (χ1) is 8.24. The molecule has 4 nitrogen and oxygen atoms in total. The van der Waals surface area contributed by atoms with Crippen molar-refractivity contribution in [3.8, 4) is 17.1 Å². The highest BCUT2D eigenvalue weighted by Gasteiger charge is 2.11. The summed E-state index contributed by atoms with van der Waals surface area (Å²) in [6.07, 6.45) is 1.73. The number of aromatic nitrogens is 1. The number of nitrogens with zero attached hydrogens (tertiary/aromatic N) is 1. The van der Waals surface area contributed by atoms with Crippen molar-refractivity contribution in [1.82, 2.24) is 10.3 Å². The van der Waals surface area contributed by atoms with Gasteiger partial charge >= 0.3 is 0 Å². The molecule has 0 fully saturated rings. The second-order valence-corrected chi connectivity index (χ2v) is 3.81. The van der Waals surface area contributed by atoms with Crippen LogP contribution in [0.2, 0.25) is 0 Å². The van der Waals surface area contributed by atoms with Crippen LogP contribution < -0.4 is 10.1 Å². The van der Waals surface area contributed by atoms with Gasteiger partial charge in [-0.3, -0.25) is 0 Å². The molecule has 4 heteroatoms. The largest absolute Gasteiger partial charge is 0.497 e. The molecule has 1 heterocycles. The van der Waals surface area contributed by atoms with Crippen LogP contribution in [-0.2, 0) is 0 Å². The summed E-state index contributed by atoms with van der Waals surface area (Å²) in [4.78, 5) is 4.25. The van der Waals surface area contributed by atoms with Crippen molar-refractivity contribution in [2.75, 3.05) is 14.2 Å². The van der Waals surface area contributed by atoms with Crippen LogP contribution in [0.1, 0.15) is 18.9 Å². The summed E-state index contributed by atoms with van der Waals surface area (Å²) in [5, 5.41) is 3.09. The van der Waals surface area contributed by atoms with Crippen molar-refractivity contribution < 1.29 is 9.15 Å². The summed E-state index contributed by atoms with van der Waals surface area (Å²) < 4.78 is 10.9. The van der Waals surface area contributed by atoms with Crippen molar-refractivity contribution in [3.63, 3.8) is 0 Å². The van der Waals surface area contributed by atoms with E-state index < -0.39 is 0 Å². The predicted octanol–water partition coefficient (Wildman–Crippen LogP) is 2.63. The molecule has 1 aromatic carbocycles. The lowest BCUT2D eigenvalue weighted by Crippen LogP contribution is -2.12. The lowest BCUT2D eigenvalue weighted by molar-refractivity contribution is 0.414. The lowest BCUT2D eigenvalue weighted by atomic mass is 10.2. The SMILES string of the molecule is CNC(C)c1ncc(-c2cccc(OC)c2)o1. The Balaban J connectivity index is 2.30.